The standard InChI is InChI=1S/C7H15N2/c1-2-9-7-4-3-5-8-6-7/h7,9H,2-6H2,1H3/q-1/t7-/m0/s1. The number of hydrogen-bond acceptors (Lipinski definition) is 1. The van der Waals surface area contributed by atoms with E-state index in [2.05, 4.69) is 17.6 Å². The molecule has 0 aromatic heterocycles. The van der Waals surface area contributed by atoms with Crippen molar-refractivity contribution < 1.29 is 0 Å². The predicted octanol–water partition coefficient (Wildman–Crippen LogP) is 1.13. The van der Waals surface area contributed by atoms with E-state index < -0.39 is 0 Å². The third-order valence-electron chi connectivity index (χ3n) is 1.71. The first-order chi connectivity index (χ1) is 4.43. The number of piperidine rings is 1. The Morgan fingerprint density at radius 2 is 2.56 bits per heavy atom. The Balaban J connectivity index is 2.08. The van der Waals surface area contributed by atoms with E-state index >= 15 is 0 Å². The number of hydrogen-bond donors (Lipinski definition) is 1. The SMILES string of the molecule is CCN[C@H]1CCC[N-]C1. The summed E-state index contributed by atoms with van der Waals surface area (Å²) < 4.78 is 0. The Kier molecular flexibility index (Phi) is 3.01. The van der Waals surface area contributed by atoms with Gasteiger partial charge in [0.25, 0.3) is 0 Å². The van der Waals surface area contributed by atoms with E-state index in [1.807, 2.05) is 0 Å². The fourth-order valence-corrected chi connectivity index (χ4v) is 1.24. The van der Waals surface area contributed by atoms with Crippen LogP contribution in [-0.2, 0) is 0 Å². The van der Waals surface area contributed by atoms with Crippen molar-refractivity contribution in [1.29, 1.82) is 0 Å². The minimum absolute atomic E-state index is 0.684. The fourth-order valence-electron chi connectivity index (χ4n) is 1.24. The lowest BCUT2D eigenvalue weighted by molar-refractivity contribution is 0.477. The highest BCUT2D eigenvalue weighted by molar-refractivity contribution is 4.91. The molecule has 1 fully saturated rings. The maximum atomic E-state index is 4.31. The Bertz CT molecular complexity index is 64.6. The van der Waals surface area contributed by atoms with Crippen molar-refractivity contribution >= 4 is 0 Å². The second kappa shape index (κ2) is 3.85. The van der Waals surface area contributed by atoms with Gasteiger partial charge in [-0.15, -0.1) is 13.1 Å². The molecular weight excluding hydrogens is 112 g/mol. The molecule has 1 N–H and O–H groups in total. The second-order valence-corrected chi connectivity index (χ2v) is 2.53. The van der Waals surface area contributed by atoms with E-state index in [-0.39, 0.29) is 0 Å². The summed E-state index contributed by atoms with van der Waals surface area (Å²) in [7, 11) is 0. The molecule has 9 heavy (non-hydrogen) atoms. The number of nitrogens with zero attached hydrogens (tertiary/aromatic N) is 1. The molecule has 0 amide bonds. The van der Waals surface area contributed by atoms with E-state index in [0.29, 0.717) is 6.04 Å². The van der Waals surface area contributed by atoms with Crippen LogP contribution in [0.2, 0.25) is 0 Å². The molecule has 1 aliphatic heterocycles. The van der Waals surface area contributed by atoms with Gasteiger partial charge in [0.1, 0.15) is 0 Å². The van der Waals surface area contributed by atoms with Crippen LogP contribution in [0.1, 0.15) is 19.8 Å². The highest BCUT2D eigenvalue weighted by Crippen LogP contribution is 2.09. The first-order valence-corrected chi connectivity index (χ1v) is 3.80. The summed E-state index contributed by atoms with van der Waals surface area (Å²) >= 11 is 0. The molecule has 0 spiro atoms. The molecule has 0 aliphatic carbocycles. The summed E-state index contributed by atoms with van der Waals surface area (Å²) in [5, 5.41) is 7.71. The Morgan fingerprint density at radius 3 is 3.11 bits per heavy atom. The zero-order valence-corrected chi connectivity index (χ0v) is 6.06. The highest BCUT2D eigenvalue weighted by atomic mass is 15.0. The van der Waals surface area contributed by atoms with Gasteiger partial charge in [-0.2, -0.15) is 0 Å². The summed E-state index contributed by atoms with van der Waals surface area (Å²) in [6, 6.07) is 0.684. The molecule has 0 aromatic carbocycles. The lowest BCUT2D eigenvalue weighted by atomic mass is 10.1. The van der Waals surface area contributed by atoms with Crippen LogP contribution in [0.25, 0.3) is 5.32 Å². The van der Waals surface area contributed by atoms with Gasteiger partial charge in [-0.1, -0.05) is 13.3 Å². The Hall–Kier alpha value is -0.0800. The summed E-state index contributed by atoms with van der Waals surface area (Å²) in [5.74, 6) is 0. The van der Waals surface area contributed by atoms with Crippen molar-refractivity contribution in [2.75, 3.05) is 19.6 Å². The molecule has 2 heteroatoms. The molecule has 54 valence electrons. The normalized spacial score (nSPS) is 28.3. The zero-order valence-electron chi connectivity index (χ0n) is 6.06. The molecular formula is C7H15N2-. The zero-order chi connectivity index (χ0) is 6.53. The molecule has 1 atom stereocenters. The van der Waals surface area contributed by atoms with Gasteiger partial charge in [0.2, 0.25) is 0 Å². The van der Waals surface area contributed by atoms with E-state index in [4.69, 9.17) is 0 Å². The van der Waals surface area contributed by atoms with Crippen molar-refractivity contribution in [3.8, 4) is 0 Å². The van der Waals surface area contributed by atoms with Gasteiger partial charge in [-0.05, 0) is 19.0 Å². The minimum atomic E-state index is 0.684. The van der Waals surface area contributed by atoms with Gasteiger partial charge in [0.05, 0.1) is 0 Å². The molecule has 0 radical (unpaired) electrons. The Labute approximate surface area is 57.0 Å². The topological polar surface area (TPSA) is 26.1 Å². The molecule has 2 nitrogen and oxygen atoms in total. The first-order valence-electron chi connectivity index (χ1n) is 3.80. The summed E-state index contributed by atoms with van der Waals surface area (Å²) in [6.45, 7) is 5.35. The molecule has 0 unspecified atom stereocenters. The van der Waals surface area contributed by atoms with E-state index in [1.165, 1.54) is 12.8 Å². The maximum absolute atomic E-state index is 4.31. The van der Waals surface area contributed by atoms with Crippen LogP contribution in [0.5, 0.6) is 0 Å². The average Bonchev–Trinajstić information content (AvgIpc) is 1.91. The van der Waals surface area contributed by atoms with Gasteiger partial charge >= 0.3 is 0 Å². The van der Waals surface area contributed by atoms with E-state index in [9.17, 15) is 0 Å². The third-order valence-corrected chi connectivity index (χ3v) is 1.71. The summed E-state index contributed by atoms with van der Waals surface area (Å²) in [5.41, 5.74) is 0. The largest absolute Gasteiger partial charge is 0.661 e. The molecule has 1 saturated heterocycles. The van der Waals surface area contributed by atoms with Crippen molar-refractivity contribution in [1.82, 2.24) is 5.32 Å². The van der Waals surface area contributed by atoms with Crippen LogP contribution in [0.4, 0.5) is 0 Å². The monoisotopic (exact) mass is 127 g/mol. The average molecular weight is 127 g/mol. The lowest BCUT2D eigenvalue weighted by Gasteiger charge is -2.33. The molecule has 0 bridgehead atoms. The maximum Gasteiger partial charge on any atom is -0.00755 e. The van der Waals surface area contributed by atoms with Crippen LogP contribution in [0.3, 0.4) is 0 Å². The van der Waals surface area contributed by atoms with E-state index in [1.54, 1.807) is 0 Å². The van der Waals surface area contributed by atoms with Crippen LogP contribution in [-0.4, -0.2) is 25.7 Å². The molecule has 1 heterocycles. The van der Waals surface area contributed by atoms with Gasteiger partial charge < -0.3 is 10.6 Å². The smallest absolute Gasteiger partial charge is 0.00755 e. The molecule has 0 aromatic rings. The fraction of sp³-hybridized carbons (Fsp3) is 1.00. The summed E-state index contributed by atoms with van der Waals surface area (Å²) in [6.07, 6.45) is 2.59. The van der Waals surface area contributed by atoms with Crippen molar-refractivity contribution in [2.45, 2.75) is 25.8 Å². The van der Waals surface area contributed by atoms with Gasteiger partial charge in [0.15, 0.2) is 0 Å². The van der Waals surface area contributed by atoms with Crippen molar-refractivity contribution in [2.24, 2.45) is 0 Å². The van der Waals surface area contributed by atoms with Crippen LogP contribution < -0.4 is 5.32 Å². The molecule has 1 aliphatic rings. The lowest BCUT2D eigenvalue weighted by Crippen LogP contribution is -2.34. The number of rotatable bonds is 2. The predicted molar refractivity (Wildman–Crippen MR) is 39.8 cm³/mol. The molecule has 0 saturated carbocycles. The van der Waals surface area contributed by atoms with Gasteiger partial charge in [0, 0.05) is 0 Å². The highest BCUT2D eigenvalue weighted by Gasteiger charge is 2.02. The first kappa shape index (κ1) is 7.03. The third kappa shape index (κ3) is 2.33. The second-order valence-electron chi connectivity index (χ2n) is 2.53. The van der Waals surface area contributed by atoms with Crippen molar-refractivity contribution in [3.63, 3.8) is 0 Å². The minimum Gasteiger partial charge on any atom is -0.661 e. The van der Waals surface area contributed by atoms with Crippen molar-refractivity contribution in [3.05, 3.63) is 5.32 Å². The van der Waals surface area contributed by atoms with Gasteiger partial charge in [-0.25, -0.2) is 0 Å². The van der Waals surface area contributed by atoms with E-state index in [0.717, 1.165) is 19.6 Å². The number of nitrogens with one attached hydrogen (secondary N) is 1. The van der Waals surface area contributed by atoms with Gasteiger partial charge in [-0.3, -0.25) is 0 Å². The Morgan fingerprint density at radius 1 is 1.67 bits per heavy atom. The molecule has 1 rings (SSSR count). The van der Waals surface area contributed by atoms with Crippen LogP contribution in [0, 0.1) is 0 Å². The van der Waals surface area contributed by atoms with Crippen LogP contribution in [0.15, 0.2) is 0 Å². The number of likely N-dealkylation sites (N-methyl/N-ethyl adjacent to an activating group) is 1. The quantitative estimate of drug-likeness (QED) is 0.591. The van der Waals surface area contributed by atoms with Crippen LogP contribution >= 0.6 is 0 Å². The summed E-state index contributed by atoms with van der Waals surface area (Å²) in [4.78, 5) is 0.